The zero-order valence-electron chi connectivity index (χ0n) is 13.1. The van der Waals surface area contributed by atoms with Crippen molar-refractivity contribution in [1.29, 1.82) is 0 Å². The maximum Gasteiger partial charge on any atom is 0.0970 e. The van der Waals surface area contributed by atoms with Gasteiger partial charge in [0.05, 0.1) is 11.4 Å². The van der Waals surface area contributed by atoms with E-state index < -0.39 is 0 Å². The minimum absolute atomic E-state index is 0.883. The Morgan fingerprint density at radius 2 is 1.17 bits per heavy atom. The van der Waals surface area contributed by atoms with E-state index in [-0.39, 0.29) is 0 Å². The van der Waals surface area contributed by atoms with Gasteiger partial charge in [0.25, 0.3) is 0 Å². The molecule has 2 aromatic heterocycles. The zero-order valence-corrected chi connectivity index (χ0v) is 13.1. The molecule has 2 aromatic carbocycles. The van der Waals surface area contributed by atoms with Gasteiger partial charge in [0, 0.05) is 18.0 Å². The van der Waals surface area contributed by atoms with E-state index in [1.807, 2.05) is 36.5 Å². The molecular formula is C22H16N2. The van der Waals surface area contributed by atoms with Gasteiger partial charge < -0.3 is 0 Å². The molecule has 0 spiro atoms. The largest absolute Gasteiger partial charge is 0.255 e. The molecule has 0 unspecified atom stereocenters. The summed E-state index contributed by atoms with van der Waals surface area (Å²) >= 11 is 0. The molecule has 0 saturated heterocycles. The first kappa shape index (κ1) is 14.3. The lowest BCUT2D eigenvalue weighted by Crippen LogP contribution is -1.94. The number of aromatic nitrogens is 2. The van der Waals surface area contributed by atoms with Gasteiger partial charge in [0.1, 0.15) is 0 Å². The summed E-state index contributed by atoms with van der Waals surface area (Å²) in [6.07, 6.45) is 3.67. The predicted octanol–water partition coefficient (Wildman–Crippen LogP) is 5.48. The van der Waals surface area contributed by atoms with Crippen molar-refractivity contribution in [1.82, 2.24) is 9.97 Å². The van der Waals surface area contributed by atoms with Crippen LogP contribution in [0.5, 0.6) is 0 Å². The van der Waals surface area contributed by atoms with Crippen molar-refractivity contribution in [2.24, 2.45) is 0 Å². The minimum atomic E-state index is 0.883. The smallest absolute Gasteiger partial charge is 0.0970 e. The molecule has 0 fully saturated rings. The molecule has 0 aliphatic carbocycles. The lowest BCUT2D eigenvalue weighted by atomic mass is 9.92. The molecule has 24 heavy (non-hydrogen) atoms. The van der Waals surface area contributed by atoms with Crippen LogP contribution < -0.4 is 0 Å². The molecule has 2 nitrogen and oxygen atoms in total. The molecular weight excluding hydrogens is 292 g/mol. The number of hydrogen-bond donors (Lipinski definition) is 0. The number of hydrogen-bond acceptors (Lipinski definition) is 2. The van der Waals surface area contributed by atoms with Crippen molar-refractivity contribution in [2.75, 3.05) is 0 Å². The maximum atomic E-state index is 4.65. The van der Waals surface area contributed by atoms with Gasteiger partial charge in [-0.25, -0.2) is 0 Å². The standard InChI is InChI=1S/C22H16N2/c1-3-9-17(10-4-1)19-14-16-24-22(20-13-7-8-15-23-20)21(19)18-11-5-2-6-12-18/h1-16H. The van der Waals surface area contributed by atoms with Crippen molar-refractivity contribution in [3.8, 4) is 33.6 Å². The van der Waals surface area contributed by atoms with Gasteiger partial charge in [-0.15, -0.1) is 0 Å². The number of rotatable bonds is 3. The average molecular weight is 308 g/mol. The van der Waals surface area contributed by atoms with Gasteiger partial charge in [0.2, 0.25) is 0 Å². The van der Waals surface area contributed by atoms with Crippen molar-refractivity contribution in [3.63, 3.8) is 0 Å². The van der Waals surface area contributed by atoms with Crippen LogP contribution in [0, 0.1) is 0 Å². The Morgan fingerprint density at radius 1 is 0.500 bits per heavy atom. The third kappa shape index (κ3) is 2.70. The zero-order chi connectivity index (χ0) is 16.2. The van der Waals surface area contributed by atoms with Crippen LogP contribution in [-0.4, -0.2) is 9.97 Å². The highest BCUT2D eigenvalue weighted by Gasteiger charge is 2.15. The fourth-order valence-corrected chi connectivity index (χ4v) is 2.91. The molecule has 114 valence electrons. The molecule has 4 rings (SSSR count). The summed E-state index contributed by atoms with van der Waals surface area (Å²) in [6, 6.07) is 28.8. The number of benzene rings is 2. The highest BCUT2D eigenvalue weighted by molar-refractivity contribution is 5.91. The van der Waals surface area contributed by atoms with Crippen LogP contribution in [0.15, 0.2) is 97.3 Å². The molecule has 0 radical (unpaired) electrons. The summed E-state index contributed by atoms with van der Waals surface area (Å²) in [4.78, 5) is 9.16. The number of nitrogens with zero attached hydrogens (tertiary/aromatic N) is 2. The Morgan fingerprint density at radius 3 is 1.83 bits per heavy atom. The third-order valence-corrected chi connectivity index (χ3v) is 4.01. The second-order valence-corrected chi connectivity index (χ2v) is 5.53. The first-order valence-corrected chi connectivity index (χ1v) is 7.95. The molecule has 2 heterocycles. The van der Waals surface area contributed by atoms with Gasteiger partial charge in [0.15, 0.2) is 0 Å². The Hall–Kier alpha value is -3.26. The SMILES string of the molecule is c1ccc(-c2ccnc(-c3ccccn3)c2-c2ccccc2)cc1. The monoisotopic (exact) mass is 308 g/mol. The summed E-state index contributed by atoms with van der Waals surface area (Å²) in [5, 5.41) is 0. The average Bonchev–Trinajstić information content (AvgIpc) is 2.69. The Balaban J connectivity index is 2.02. The van der Waals surface area contributed by atoms with E-state index in [2.05, 4.69) is 64.6 Å². The summed E-state index contributed by atoms with van der Waals surface area (Å²) in [6.45, 7) is 0. The molecule has 4 aromatic rings. The highest BCUT2D eigenvalue weighted by Crippen LogP contribution is 2.37. The molecule has 2 heteroatoms. The van der Waals surface area contributed by atoms with E-state index in [1.165, 1.54) is 5.56 Å². The normalized spacial score (nSPS) is 10.5. The van der Waals surface area contributed by atoms with E-state index >= 15 is 0 Å². The molecule has 0 aliphatic heterocycles. The van der Waals surface area contributed by atoms with Crippen LogP contribution in [0.2, 0.25) is 0 Å². The van der Waals surface area contributed by atoms with E-state index in [4.69, 9.17) is 0 Å². The van der Waals surface area contributed by atoms with Crippen LogP contribution in [0.1, 0.15) is 0 Å². The molecule has 0 N–H and O–H groups in total. The van der Waals surface area contributed by atoms with Gasteiger partial charge in [-0.2, -0.15) is 0 Å². The Bertz CT molecular complexity index is 876. The molecule has 0 bridgehead atoms. The van der Waals surface area contributed by atoms with Crippen molar-refractivity contribution in [3.05, 3.63) is 97.3 Å². The molecule has 0 amide bonds. The number of pyridine rings is 2. The van der Waals surface area contributed by atoms with Gasteiger partial charge in [-0.1, -0.05) is 66.7 Å². The predicted molar refractivity (Wildman–Crippen MR) is 98.3 cm³/mol. The fourth-order valence-electron chi connectivity index (χ4n) is 2.91. The Kier molecular flexibility index (Phi) is 3.86. The topological polar surface area (TPSA) is 25.8 Å². The van der Waals surface area contributed by atoms with Crippen LogP contribution in [-0.2, 0) is 0 Å². The van der Waals surface area contributed by atoms with Crippen LogP contribution in [0.3, 0.4) is 0 Å². The van der Waals surface area contributed by atoms with E-state index in [9.17, 15) is 0 Å². The first-order chi connectivity index (χ1) is 11.9. The molecule has 0 aliphatic rings. The lowest BCUT2D eigenvalue weighted by molar-refractivity contribution is 1.25. The van der Waals surface area contributed by atoms with Crippen molar-refractivity contribution >= 4 is 0 Å². The summed E-state index contributed by atoms with van der Waals surface area (Å²) in [7, 11) is 0. The second kappa shape index (κ2) is 6.47. The Labute approximate surface area is 141 Å². The molecule has 0 atom stereocenters. The van der Waals surface area contributed by atoms with Gasteiger partial charge >= 0.3 is 0 Å². The minimum Gasteiger partial charge on any atom is -0.255 e. The van der Waals surface area contributed by atoms with Gasteiger partial charge in [-0.05, 0) is 34.9 Å². The summed E-state index contributed by atoms with van der Waals surface area (Å²) < 4.78 is 0. The quantitative estimate of drug-likeness (QED) is 0.501. The second-order valence-electron chi connectivity index (χ2n) is 5.53. The third-order valence-electron chi connectivity index (χ3n) is 4.01. The first-order valence-electron chi connectivity index (χ1n) is 7.95. The van der Waals surface area contributed by atoms with Crippen LogP contribution in [0.25, 0.3) is 33.6 Å². The van der Waals surface area contributed by atoms with Crippen molar-refractivity contribution < 1.29 is 0 Å². The van der Waals surface area contributed by atoms with E-state index in [1.54, 1.807) is 6.20 Å². The van der Waals surface area contributed by atoms with Gasteiger partial charge in [-0.3, -0.25) is 9.97 Å². The summed E-state index contributed by atoms with van der Waals surface area (Å²) in [5.41, 5.74) is 6.39. The maximum absolute atomic E-state index is 4.65. The summed E-state index contributed by atoms with van der Waals surface area (Å²) in [5.74, 6) is 0. The van der Waals surface area contributed by atoms with Crippen LogP contribution in [0.4, 0.5) is 0 Å². The fraction of sp³-hybridized carbons (Fsp3) is 0. The van der Waals surface area contributed by atoms with E-state index in [0.29, 0.717) is 0 Å². The van der Waals surface area contributed by atoms with E-state index in [0.717, 1.165) is 28.1 Å². The van der Waals surface area contributed by atoms with Crippen molar-refractivity contribution in [2.45, 2.75) is 0 Å². The molecule has 0 saturated carbocycles. The highest BCUT2D eigenvalue weighted by atomic mass is 14.8. The van der Waals surface area contributed by atoms with Crippen LogP contribution >= 0.6 is 0 Å². The lowest BCUT2D eigenvalue weighted by Gasteiger charge is -2.14.